The molecular weight excluding hydrogens is 685 g/mol. The Hall–Kier alpha value is -7.63. The summed E-state index contributed by atoms with van der Waals surface area (Å²) in [5.74, 6) is 1.81. The quantitative estimate of drug-likeness (QED) is 0.182. The van der Waals surface area contributed by atoms with Gasteiger partial charge in [-0.1, -0.05) is 146 Å². The maximum atomic E-state index is 6.61. The molecule has 0 bridgehead atoms. The van der Waals surface area contributed by atoms with E-state index >= 15 is 0 Å². The summed E-state index contributed by atoms with van der Waals surface area (Å²) in [5.41, 5.74) is 7.51. The molecule has 9 aromatic carbocycles. The number of hydrogen-bond donors (Lipinski definition) is 0. The molecule has 0 radical (unpaired) electrons. The molecular formula is C51H30N4O. The molecule has 5 heteroatoms. The van der Waals surface area contributed by atoms with E-state index in [1.807, 2.05) is 30.3 Å². The Labute approximate surface area is 320 Å². The molecule has 12 aromatic rings. The Kier molecular flexibility index (Phi) is 6.56. The third-order valence-corrected chi connectivity index (χ3v) is 11.2. The van der Waals surface area contributed by atoms with Gasteiger partial charge in [0.1, 0.15) is 11.2 Å². The first kappa shape index (κ1) is 30.8. The van der Waals surface area contributed by atoms with E-state index < -0.39 is 0 Å². The molecule has 0 aliphatic carbocycles. The molecule has 0 atom stereocenters. The second kappa shape index (κ2) is 11.9. The third-order valence-electron chi connectivity index (χ3n) is 11.2. The van der Waals surface area contributed by atoms with Crippen molar-refractivity contribution >= 4 is 76.1 Å². The molecule has 3 aromatic heterocycles. The van der Waals surface area contributed by atoms with Gasteiger partial charge in [-0.05, 0) is 62.6 Å². The summed E-state index contributed by atoms with van der Waals surface area (Å²) in [7, 11) is 0. The zero-order chi connectivity index (χ0) is 36.7. The first-order valence-corrected chi connectivity index (χ1v) is 18.9. The van der Waals surface area contributed by atoms with E-state index in [0.29, 0.717) is 17.5 Å². The van der Waals surface area contributed by atoms with Crippen LogP contribution in [0.2, 0.25) is 0 Å². The van der Waals surface area contributed by atoms with Gasteiger partial charge < -0.3 is 8.98 Å². The van der Waals surface area contributed by atoms with Crippen molar-refractivity contribution in [1.29, 1.82) is 0 Å². The maximum absolute atomic E-state index is 6.61. The predicted molar refractivity (Wildman–Crippen MR) is 230 cm³/mol. The summed E-state index contributed by atoms with van der Waals surface area (Å²) in [6.07, 6.45) is 0. The van der Waals surface area contributed by atoms with Crippen molar-refractivity contribution in [2.75, 3.05) is 0 Å². The predicted octanol–water partition coefficient (Wildman–Crippen LogP) is 13.3. The fraction of sp³-hybridized carbons (Fsp3) is 0. The lowest BCUT2D eigenvalue weighted by atomic mass is 10.0. The van der Waals surface area contributed by atoms with Crippen LogP contribution in [-0.2, 0) is 0 Å². The van der Waals surface area contributed by atoms with Crippen LogP contribution in [-0.4, -0.2) is 19.5 Å². The van der Waals surface area contributed by atoms with Crippen LogP contribution in [0.4, 0.5) is 0 Å². The molecule has 260 valence electrons. The van der Waals surface area contributed by atoms with E-state index in [2.05, 4.69) is 156 Å². The largest absolute Gasteiger partial charge is 0.456 e. The minimum Gasteiger partial charge on any atom is -0.456 e. The van der Waals surface area contributed by atoms with Crippen LogP contribution in [0.5, 0.6) is 0 Å². The van der Waals surface area contributed by atoms with E-state index in [0.717, 1.165) is 66.1 Å². The standard InChI is InChI=1S/C51H30N4O/c1-2-15-33(16-3-1)49-52-50(39-23-12-19-31-13-6-8-20-36(31)39)54-51(53-49)42-29-40-38-22-10-11-24-46(38)56-47(40)30-45(42)55-43-26-25-32-14-7-9-21-37(32)48(43)41-27-34-17-4-5-18-35(34)28-44(41)55/h1-30H. The highest BCUT2D eigenvalue weighted by molar-refractivity contribution is 6.23. The zero-order valence-corrected chi connectivity index (χ0v) is 30.0. The summed E-state index contributed by atoms with van der Waals surface area (Å²) in [6.45, 7) is 0. The van der Waals surface area contributed by atoms with Crippen LogP contribution in [0.25, 0.3) is 116 Å². The van der Waals surface area contributed by atoms with E-state index in [9.17, 15) is 0 Å². The molecule has 12 rings (SSSR count). The van der Waals surface area contributed by atoms with Crippen LogP contribution < -0.4 is 0 Å². The van der Waals surface area contributed by atoms with Gasteiger partial charge in [-0.3, -0.25) is 0 Å². The molecule has 5 nitrogen and oxygen atoms in total. The summed E-state index contributed by atoms with van der Waals surface area (Å²) in [4.78, 5) is 15.9. The van der Waals surface area contributed by atoms with Gasteiger partial charge >= 0.3 is 0 Å². The summed E-state index contributed by atoms with van der Waals surface area (Å²) in [5, 5.41) is 11.4. The van der Waals surface area contributed by atoms with Crippen molar-refractivity contribution in [3.63, 3.8) is 0 Å². The van der Waals surface area contributed by atoms with E-state index in [-0.39, 0.29) is 0 Å². The molecule has 0 unspecified atom stereocenters. The number of benzene rings is 9. The number of furan rings is 1. The maximum Gasteiger partial charge on any atom is 0.166 e. The van der Waals surface area contributed by atoms with Crippen LogP contribution in [0.15, 0.2) is 186 Å². The first-order chi connectivity index (χ1) is 27.7. The zero-order valence-electron chi connectivity index (χ0n) is 30.0. The van der Waals surface area contributed by atoms with Gasteiger partial charge in [0.2, 0.25) is 0 Å². The molecule has 56 heavy (non-hydrogen) atoms. The van der Waals surface area contributed by atoms with Gasteiger partial charge in [-0.15, -0.1) is 0 Å². The lowest BCUT2D eigenvalue weighted by Gasteiger charge is -2.16. The summed E-state index contributed by atoms with van der Waals surface area (Å²) >= 11 is 0. The minimum absolute atomic E-state index is 0.584. The van der Waals surface area contributed by atoms with E-state index in [1.54, 1.807) is 0 Å². The van der Waals surface area contributed by atoms with Gasteiger partial charge in [-0.25, -0.2) is 15.0 Å². The lowest BCUT2D eigenvalue weighted by Crippen LogP contribution is -2.04. The van der Waals surface area contributed by atoms with Gasteiger partial charge in [0.25, 0.3) is 0 Å². The topological polar surface area (TPSA) is 56.7 Å². The second-order valence-electron chi connectivity index (χ2n) is 14.4. The fourth-order valence-corrected chi connectivity index (χ4v) is 8.61. The van der Waals surface area contributed by atoms with E-state index in [1.165, 1.54) is 32.3 Å². The molecule has 0 aliphatic heterocycles. The second-order valence-corrected chi connectivity index (χ2v) is 14.4. The average Bonchev–Trinajstić information content (AvgIpc) is 3.79. The van der Waals surface area contributed by atoms with Crippen LogP contribution in [0.1, 0.15) is 0 Å². The molecule has 0 fully saturated rings. The number of rotatable bonds is 4. The monoisotopic (exact) mass is 714 g/mol. The molecule has 0 saturated carbocycles. The van der Waals surface area contributed by atoms with Crippen molar-refractivity contribution in [3.8, 4) is 39.9 Å². The van der Waals surface area contributed by atoms with Crippen molar-refractivity contribution in [3.05, 3.63) is 182 Å². The lowest BCUT2D eigenvalue weighted by molar-refractivity contribution is 0.668. The number of aromatic nitrogens is 4. The van der Waals surface area contributed by atoms with E-state index in [4.69, 9.17) is 19.4 Å². The average molecular weight is 715 g/mol. The van der Waals surface area contributed by atoms with Crippen molar-refractivity contribution in [1.82, 2.24) is 19.5 Å². The molecule has 0 N–H and O–H groups in total. The molecule has 0 aliphatic rings. The highest BCUT2D eigenvalue weighted by Crippen LogP contribution is 2.43. The Balaban J connectivity index is 1.24. The minimum atomic E-state index is 0.584. The molecule has 0 spiro atoms. The van der Waals surface area contributed by atoms with Gasteiger partial charge in [0, 0.05) is 44.3 Å². The third kappa shape index (κ3) is 4.64. The van der Waals surface area contributed by atoms with Crippen LogP contribution in [0, 0.1) is 0 Å². The van der Waals surface area contributed by atoms with Gasteiger partial charge in [-0.2, -0.15) is 0 Å². The van der Waals surface area contributed by atoms with Crippen LogP contribution >= 0.6 is 0 Å². The smallest absolute Gasteiger partial charge is 0.166 e. The van der Waals surface area contributed by atoms with Gasteiger partial charge in [0.05, 0.1) is 16.7 Å². The highest BCUT2D eigenvalue weighted by Gasteiger charge is 2.23. The number of hydrogen-bond acceptors (Lipinski definition) is 4. The molecule has 3 heterocycles. The molecule has 0 saturated heterocycles. The van der Waals surface area contributed by atoms with Crippen molar-refractivity contribution < 1.29 is 4.42 Å². The summed E-state index contributed by atoms with van der Waals surface area (Å²) < 4.78 is 9.00. The highest BCUT2D eigenvalue weighted by atomic mass is 16.3. The van der Waals surface area contributed by atoms with Crippen molar-refractivity contribution in [2.24, 2.45) is 0 Å². The molecule has 0 amide bonds. The Morgan fingerprint density at radius 1 is 0.357 bits per heavy atom. The fourth-order valence-electron chi connectivity index (χ4n) is 8.61. The number of fused-ring (bicyclic) bond motifs is 10. The normalized spacial score (nSPS) is 11.9. The SMILES string of the molecule is c1ccc(-c2nc(-c3cc4c(cc3-n3c5cc6ccccc6cc5c5c6ccccc6ccc53)oc3ccccc34)nc(-c3cccc4ccccc34)n2)cc1. The number of para-hydroxylation sites is 1. The van der Waals surface area contributed by atoms with Gasteiger partial charge in [0.15, 0.2) is 17.5 Å². The first-order valence-electron chi connectivity index (χ1n) is 18.9. The Morgan fingerprint density at radius 2 is 0.982 bits per heavy atom. The Bertz CT molecular complexity index is 3540. The van der Waals surface area contributed by atoms with Crippen molar-refractivity contribution in [2.45, 2.75) is 0 Å². The number of nitrogens with zero attached hydrogens (tertiary/aromatic N) is 4. The summed E-state index contributed by atoms with van der Waals surface area (Å²) in [6, 6.07) is 63.9. The Morgan fingerprint density at radius 3 is 1.80 bits per heavy atom. The van der Waals surface area contributed by atoms with Crippen LogP contribution in [0.3, 0.4) is 0 Å².